The van der Waals surface area contributed by atoms with Gasteiger partial charge in [0.25, 0.3) is 0 Å². The molecule has 3 rings (SSSR count). The lowest BCUT2D eigenvalue weighted by molar-refractivity contribution is -0.132. The van der Waals surface area contributed by atoms with Crippen molar-refractivity contribution in [1.29, 1.82) is 0 Å². The third-order valence-electron chi connectivity index (χ3n) is 5.52. The number of alkyl carbamates (subject to hydrolysis) is 1. The molecule has 2 amide bonds. The largest absolute Gasteiger partial charge is 0.457 e. The minimum absolute atomic E-state index is 0.209. The van der Waals surface area contributed by atoms with Crippen LogP contribution < -0.4 is 10.1 Å². The summed E-state index contributed by atoms with van der Waals surface area (Å²) in [4.78, 5) is 27.5. The van der Waals surface area contributed by atoms with E-state index in [9.17, 15) is 14.0 Å². The molecule has 3 aromatic carbocycles. The molecule has 9 heteroatoms. The van der Waals surface area contributed by atoms with Crippen LogP contribution in [-0.4, -0.2) is 35.6 Å². The highest BCUT2D eigenvalue weighted by atomic mass is 79.9. The van der Waals surface area contributed by atoms with Gasteiger partial charge in [0.2, 0.25) is 5.91 Å². The predicted octanol–water partition coefficient (Wildman–Crippen LogP) is 7.44. The Morgan fingerprint density at radius 1 is 1.05 bits per heavy atom. The molecular formula is C29H31BrClFN2O4. The van der Waals surface area contributed by atoms with E-state index in [0.29, 0.717) is 27.6 Å². The smallest absolute Gasteiger partial charge is 0.408 e. The zero-order valence-corrected chi connectivity index (χ0v) is 24.3. The van der Waals surface area contributed by atoms with Crippen molar-refractivity contribution in [3.05, 3.63) is 92.7 Å². The molecule has 0 aromatic heterocycles. The quantitative estimate of drug-likeness (QED) is 0.290. The molecule has 0 fully saturated rings. The molecule has 202 valence electrons. The third kappa shape index (κ3) is 8.74. The third-order valence-corrected chi connectivity index (χ3v) is 6.40. The first-order chi connectivity index (χ1) is 17.8. The Labute approximate surface area is 236 Å². The van der Waals surface area contributed by atoms with Gasteiger partial charge in [0.05, 0.1) is 0 Å². The number of benzene rings is 3. The molecular weight excluding hydrogens is 575 g/mol. The first-order valence-electron chi connectivity index (χ1n) is 12.0. The summed E-state index contributed by atoms with van der Waals surface area (Å²) in [6.07, 6.45) is -0.385. The van der Waals surface area contributed by atoms with Crippen LogP contribution in [0.4, 0.5) is 9.18 Å². The van der Waals surface area contributed by atoms with Crippen LogP contribution in [0.3, 0.4) is 0 Å². The number of halogens is 3. The van der Waals surface area contributed by atoms with Crippen LogP contribution in [0, 0.1) is 12.7 Å². The zero-order chi connectivity index (χ0) is 28.0. The van der Waals surface area contributed by atoms with Gasteiger partial charge in [0, 0.05) is 29.5 Å². The Balaban J connectivity index is 1.73. The maximum absolute atomic E-state index is 13.5. The molecule has 1 atom stereocenters. The molecule has 0 aliphatic rings. The minimum Gasteiger partial charge on any atom is -0.457 e. The van der Waals surface area contributed by atoms with Crippen LogP contribution in [0.2, 0.25) is 5.02 Å². The molecule has 0 saturated heterocycles. The fraction of sp³-hybridized carbons (Fsp3) is 0.310. The van der Waals surface area contributed by atoms with Crippen molar-refractivity contribution in [2.24, 2.45) is 0 Å². The minimum atomic E-state index is -0.848. The van der Waals surface area contributed by atoms with Crippen LogP contribution in [0.1, 0.15) is 37.5 Å². The van der Waals surface area contributed by atoms with Gasteiger partial charge in [-0.15, -0.1) is 0 Å². The first-order valence-corrected chi connectivity index (χ1v) is 13.2. The van der Waals surface area contributed by atoms with Gasteiger partial charge in [-0.1, -0.05) is 45.7 Å². The lowest BCUT2D eigenvalue weighted by Crippen LogP contribution is -2.49. The van der Waals surface area contributed by atoms with E-state index in [4.69, 9.17) is 21.1 Å². The maximum Gasteiger partial charge on any atom is 0.408 e. The van der Waals surface area contributed by atoms with Gasteiger partial charge in [0.1, 0.15) is 29.0 Å². The monoisotopic (exact) mass is 604 g/mol. The van der Waals surface area contributed by atoms with Gasteiger partial charge >= 0.3 is 6.09 Å². The maximum atomic E-state index is 13.5. The van der Waals surface area contributed by atoms with Crippen molar-refractivity contribution in [2.45, 2.75) is 52.3 Å². The molecule has 0 aliphatic carbocycles. The summed E-state index contributed by atoms with van der Waals surface area (Å²) in [5, 5.41) is 3.13. The Morgan fingerprint density at radius 2 is 1.68 bits per heavy atom. The number of carbonyl (C=O) groups is 2. The van der Waals surface area contributed by atoms with Gasteiger partial charge < -0.3 is 19.7 Å². The molecule has 0 aliphatic heterocycles. The van der Waals surface area contributed by atoms with E-state index in [1.54, 1.807) is 65.1 Å². The van der Waals surface area contributed by atoms with E-state index in [2.05, 4.69) is 21.2 Å². The number of likely N-dealkylation sites (N-methyl/N-ethyl adjacent to an activating group) is 1. The molecule has 6 nitrogen and oxygen atoms in total. The summed E-state index contributed by atoms with van der Waals surface area (Å²) in [6, 6.07) is 16.3. The number of nitrogens with zero attached hydrogens (tertiary/aromatic N) is 1. The summed E-state index contributed by atoms with van der Waals surface area (Å²) < 4.78 is 25.6. The summed E-state index contributed by atoms with van der Waals surface area (Å²) in [5.41, 5.74) is 1.35. The van der Waals surface area contributed by atoms with Crippen LogP contribution in [0.15, 0.2) is 65.1 Å². The average Bonchev–Trinajstić information content (AvgIpc) is 2.82. The van der Waals surface area contributed by atoms with E-state index in [1.807, 2.05) is 24.3 Å². The topological polar surface area (TPSA) is 67.9 Å². The van der Waals surface area contributed by atoms with Gasteiger partial charge in [0.15, 0.2) is 0 Å². The first kappa shape index (κ1) is 29.5. The second-order valence-corrected chi connectivity index (χ2v) is 11.3. The van der Waals surface area contributed by atoms with Crippen LogP contribution >= 0.6 is 27.5 Å². The standard InChI is InChI=1S/C29H31BrClFN2O4/c1-18-14-22(12-13-25(18)32)37-23-11-8-20(24(31)16-23)17-34(5)27(35)26(33-28(36)38-29(2,3)4)15-19-6-9-21(30)10-7-19/h6-14,16,26H,15,17H2,1-5H3,(H,33,36)/t26-/m0/s1. The summed E-state index contributed by atoms with van der Waals surface area (Å²) in [7, 11) is 1.65. The molecule has 0 bridgehead atoms. The fourth-order valence-electron chi connectivity index (χ4n) is 3.64. The summed E-state index contributed by atoms with van der Waals surface area (Å²) in [5.74, 6) is 0.373. The summed E-state index contributed by atoms with van der Waals surface area (Å²) in [6.45, 7) is 7.15. The molecule has 0 radical (unpaired) electrons. The highest BCUT2D eigenvalue weighted by molar-refractivity contribution is 9.10. The lowest BCUT2D eigenvalue weighted by Gasteiger charge is -2.27. The molecule has 0 spiro atoms. The zero-order valence-electron chi connectivity index (χ0n) is 22.0. The molecule has 0 unspecified atom stereocenters. The molecule has 0 heterocycles. The molecule has 1 N–H and O–H groups in total. The highest BCUT2D eigenvalue weighted by Crippen LogP contribution is 2.28. The lowest BCUT2D eigenvalue weighted by atomic mass is 10.0. The summed E-state index contributed by atoms with van der Waals surface area (Å²) >= 11 is 9.92. The molecule has 3 aromatic rings. The van der Waals surface area contributed by atoms with Crippen molar-refractivity contribution < 1.29 is 23.5 Å². The number of ether oxygens (including phenoxy) is 2. The highest BCUT2D eigenvalue weighted by Gasteiger charge is 2.27. The van der Waals surface area contributed by atoms with Crippen molar-refractivity contribution in [3.63, 3.8) is 0 Å². The van der Waals surface area contributed by atoms with Crippen molar-refractivity contribution in [2.75, 3.05) is 7.05 Å². The molecule has 38 heavy (non-hydrogen) atoms. The Bertz CT molecular complexity index is 1290. The van der Waals surface area contributed by atoms with Gasteiger partial charge in [-0.25, -0.2) is 9.18 Å². The van der Waals surface area contributed by atoms with Crippen molar-refractivity contribution >= 4 is 39.5 Å². The number of amides is 2. The predicted molar refractivity (Wildman–Crippen MR) is 150 cm³/mol. The number of rotatable bonds is 8. The fourth-order valence-corrected chi connectivity index (χ4v) is 4.14. The Morgan fingerprint density at radius 3 is 2.29 bits per heavy atom. The van der Waals surface area contributed by atoms with Gasteiger partial charge in [-0.3, -0.25) is 4.79 Å². The number of nitrogens with one attached hydrogen (secondary N) is 1. The number of carbonyl (C=O) groups excluding carboxylic acids is 2. The van der Waals surface area contributed by atoms with Gasteiger partial charge in [-0.2, -0.15) is 0 Å². The number of hydrogen-bond donors (Lipinski definition) is 1. The second kappa shape index (κ2) is 12.6. The second-order valence-electron chi connectivity index (χ2n) is 9.99. The number of aryl methyl sites for hydroxylation is 1. The van der Waals surface area contributed by atoms with Gasteiger partial charge in [-0.05, 0) is 86.8 Å². The SMILES string of the molecule is Cc1cc(Oc2ccc(CN(C)C(=O)[C@H](Cc3ccc(Br)cc3)NC(=O)OC(C)(C)C)c(Cl)c2)ccc1F. The van der Waals surface area contributed by atoms with E-state index in [1.165, 1.54) is 11.0 Å². The normalized spacial score (nSPS) is 12.0. The van der Waals surface area contributed by atoms with E-state index in [0.717, 1.165) is 10.0 Å². The average molecular weight is 606 g/mol. The van der Waals surface area contributed by atoms with Crippen LogP contribution in [0.25, 0.3) is 0 Å². The van der Waals surface area contributed by atoms with E-state index >= 15 is 0 Å². The van der Waals surface area contributed by atoms with E-state index in [-0.39, 0.29) is 24.7 Å². The van der Waals surface area contributed by atoms with Crippen molar-refractivity contribution in [1.82, 2.24) is 10.2 Å². The Kier molecular flexibility index (Phi) is 9.79. The van der Waals surface area contributed by atoms with Crippen LogP contribution in [0.5, 0.6) is 11.5 Å². The number of hydrogen-bond acceptors (Lipinski definition) is 4. The van der Waals surface area contributed by atoms with Crippen molar-refractivity contribution in [3.8, 4) is 11.5 Å². The van der Waals surface area contributed by atoms with E-state index < -0.39 is 17.7 Å². The van der Waals surface area contributed by atoms with Crippen LogP contribution in [-0.2, 0) is 22.5 Å². The molecule has 0 saturated carbocycles. The Hall–Kier alpha value is -3.10.